The van der Waals surface area contributed by atoms with Crippen LogP contribution in [0.5, 0.6) is 0 Å². The highest BCUT2D eigenvalue weighted by atomic mass is 32.2. The van der Waals surface area contributed by atoms with Crippen LogP contribution in [0.15, 0.2) is 29.3 Å². The molecule has 8 heteroatoms. The third-order valence-corrected chi connectivity index (χ3v) is 5.08. The summed E-state index contributed by atoms with van der Waals surface area (Å²) < 4.78 is 25.6. The van der Waals surface area contributed by atoms with Gasteiger partial charge >= 0.3 is 0 Å². The smallest absolute Gasteiger partial charge is 0.241 e. The maximum absolute atomic E-state index is 11.8. The summed E-state index contributed by atoms with van der Waals surface area (Å²) in [4.78, 5) is 6.33. The van der Waals surface area contributed by atoms with E-state index in [1.54, 1.807) is 12.3 Å². The zero-order valence-electron chi connectivity index (χ0n) is 13.3. The van der Waals surface area contributed by atoms with E-state index in [0.29, 0.717) is 12.4 Å². The topological polar surface area (TPSA) is 94.1 Å². The van der Waals surface area contributed by atoms with Gasteiger partial charge in [0, 0.05) is 25.0 Å². The Bertz CT molecular complexity index is 815. The first-order chi connectivity index (χ1) is 10.9. The van der Waals surface area contributed by atoms with Crippen molar-refractivity contribution in [1.29, 1.82) is 0 Å². The Balaban J connectivity index is 1.92. The van der Waals surface area contributed by atoms with Crippen LogP contribution >= 0.6 is 0 Å². The van der Waals surface area contributed by atoms with E-state index in [1.807, 2.05) is 23.4 Å². The Labute approximate surface area is 136 Å². The Morgan fingerprint density at radius 2 is 2.13 bits per heavy atom. The van der Waals surface area contributed by atoms with Gasteiger partial charge < -0.3 is 4.90 Å². The third-order valence-electron chi connectivity index (χ3n) is 4.14. The minimum Gasteiger partial charge on any atom is -0.353 e. The van der Waals surface area contributed by atoms with Gasteiger partial charge in [-0.05, 0) is 44.9 Å². The van der Waals surface area contributed by atoms with Crippen LogP contribution in [0.4, 0.5) is 5.82 Å². The number of pyridine rings is 1. The fourth-order valence-electron chi connectivity index (χ4n) is 3.20. The summed E-state index contributed by atoms with van der Waals surface area (Å²) in [6, 6.07) is 5.35. The standard InChI is InChI=1S/C15H21N5O2S/c1-11-9-12(2)20(18-11)13-5-4-8-19(10-13)15-14(23(16,21)22)6-3-7-17-15/h3,6-7,9,13H,4-5,8,10H2,1-2H3,(H2,16,21,22). The second-order valence-corrected chi connectivity index (χ2v) is 7.51. The number of anilines is 1. The lowest BCUT2D eigenvalue weighted by atomic mass is 10.1. The third kappa shape index (κ3) is 3.23. The molecule has 0 amide bonds. The molecule has 0 radical (unpaired) electrons. The first kappa shape index (κ1) is 15.9. The van der Waals surface area contributed by atoms with E-state index in [0.717, 1.165) is 30.8 Å². The van der Waals surface area contributed by atoms with Crippen molar-refractivity contribution in [1.82, 2.24) is 14.8 Å². The minimum atomic E-state index is -3.80. The number of hydrogen-bond acceptors (Lipinski definition) is 5. The molecule has 2 aromatic heterocycles. The molecule has 1 atom stereocenters. The number of nitrogens with two attached hydrogens (primary N) is 1. The number of piperidine rings is 1. The van der Waals surface area contributed by atoms with Gasteiger partial charge in [-0.3, -0.25) is 4.68 Å². The van der Waals surface area contributed by atoms with Gasteiger partial charge in [-0.1, -0.05) is 0 Å². The Kier molecular flexibility index (Phi) is 4.11. The van der Waals surface area contributed by atoms with Crippen LogP contribution in [0.1, 0.15) is 30.3 Å². The molecule has 3 rings (SSSR count). The first-order valence-electron chi connectivity index (χ1n) is 7.62. The average molecular weight is 335 g/mol. The van der Waals surface area contributed by atoms with Gasteiger partial charge in [0.05, 0.1) is 11.7 Å². The quantitative estimate of drug-likeness (QED) is 0.914. The molecule has 124 valence electrons. The molecular weight excluding hydrogens is 314 g/mol. The number of hydrogen-bond donors (Lipinski definition) is 1. The molecule has 0 aliphatic carbocycles. The zero-order valence-corrected chi connectivity index (χ0v) is 14.1. The van der Waals surface area contributed by atoms with E-state index in [4.69, 9.17) is 5.14 Å². The van der Waals surface area contributed by atoms with Gasteiger partial charge in [0.15, 0.2) is 0 Å². The predicted molar refractivity (Wildman–Crippen MR) is 87.8 cm³/mol. The van der Waals surface area contributed by atoms with Gasteiger partial charge in [-0.15, -0.1) is 0 Å². The van der Waals surface area contributed by atoms with Crippen LogP contribution in [0.2, 0.25) is 0 Å². The average Bonchev–Trinajstić information content (AvgIpc) is 2.85. The summed E-state index contributed by atoms with van der Waals surface area (Å²) in [5.74, 6) is 0.432. The number of sulfonamides is 1. The highest BCUT2D eigenvalue weighted by Gasteiger charge is 2.27. The summed E-state index contributed by atoms with van der Waals surface area (Å²) >= 11 is 0. The largest absolute Gasteiger partial charge is 0.353 e. The van der Waals surface area contributed by atoms with Gasteiger partial charge in [0.25, 0.3) is 0 Å². The second-order valence-electron chi connectivity index (χ2n) is 5.98. The van der Waals surface area contributed by atoms with Crippen molar-refractivity contribution in [3.05, 3.63) is 35.8 Å². The van der Waals surface area contributed by atoms with Gasteiger partial charge in [0.2, 0.25) is 10.0 Å². The molecular formula is C15H21N5O2S. The maximum Gasteiger partial charge on any atom is 0.241 e. The summed E-state index contributed by atoms with van der Waals surface area (Å²) in [7, 11) is -3.80. The van der Waals surface area contributed by atoms with Gasteiger partial charge in [0.1, 0.15) is 10.7 Å². The highest BCUT2D eigenvalue weighted by molar-refractivity contribution is 7.89. The lowest BCUT2D eigenvalue weighted by Gasteiger charge is -2.34. The van der Waals surface area contributed by atoms with Crippen molar-refractivity contribution in [2.24, 2.45) is 5.14 Å². The Hall–Kier alpha value is -1.93. The molecule has 0 saturated carbocycles. The molecule has 1 fully saturated rings. The minimum absolute atomic E-state index is 0.0778. The van der Waals surface area contributed by atoms with Crippen molar-refractivity contribution >= 4 is 15.8 Å². The van der Waals surface area contributed by atoms with E-state index < -0.39 is 10.0 Å². The number of rotatable bonds is 3. The molecule has 1 aliphatic rings. The molecule has 0 spiro atoms. The molecule has 0 bridgehead atoms. The molecule has 0 aromatic carbocycles. The van der Waals surface area contributed by atoms with Crippen LogP contribution in [0.25, 0.3) is 0 Å². The van der Waals surface area contributed by atoms with Gasteiger partial charge in [-0.25, -0.2) is 18.5 Å². The lowest BCUT2D eigenvalue weighted by Crippen LogP contribution is -2.38. The molecule has 1 saturated heterocycles. The first-order valence-corrected chi connectivity index (χ1v) is 9.16. The number of nitrogens with zero attached hydrogens (tertiary/aromatic N) is 4. The second kappa shape index (κ2) is 5.93. The molecule has 2 aromatic rings. The van der Waals surface area contributed by atoms with E-state index >= 15 is 0 Å². The van der Waals surface area contributed by atoms with E-state index in [1.165, 1.54) is 6.07 Å². The molecule has 7 nitrogen and oxygen atoms in total. The fourth-order valence-corrected chi connectivity index (χ4v) is 3.91. The molecule has 3 heterocycles. The predicted octanol–water partition coefficient (Wildman–Crippen LogP) is 1.38. The van der Waals surface area contributed by atoms with Crippen LogP contribution in [0.3, 0.4) is 0 Å². The summed E-state index contributed by atoms with van der Waals surface area (Å²) in [5, 5.41) is 9.89. The molecule has 23 heavy (non-hydrogen) atoms. The van der Waals surface area contributed by atoms with Crippen LogP contribution < -0.4 is 10.0 Å². The maximum atomic E-state index is 11.8. The molecule has 1 aliphatic heterocycles. The van der Waals surface area contributed by atoms with E-state index in [2.05, 4.69) is 16.1 Å². The summed E-state index contributed by atoms with van der Waals surface area (Å²) in [5.41, 5.74) is 2.10. The number of aromatic nitrogens is 3. The van der Waals surface area contributed by atoms with Crippen molar-refractivity contribution in [2.75, 3.05) is 18.0 Å². The Morgan fingerprint density at radius 1 is 1.35 bits per heavy atom. The van der Waals surface area contributed by atoms with Crippen molar-refractivity contribution in [2.45, 2.75) is 37.6 Å². The number of primary sulfonamides is 1. The Morgan fingerprint density at radius 3 is 2.78 bits per heavy atom. The van der Waals surface area contributed by atoms with Crippen molar-refractivity contribution < 1.29 is 8.42 Å². The van der Waals surface area contributed by atoms with Crippen molar-refractivity contribution in [3.8, 4) is 0 Å². The van der Waals surface area contributed by atoms with Crippen LogP contribution in [-0.4, -0.2) is 36.3 Å². The fraction of sp³-hybridized carbons (Fsp3) is 0.467. The normalized spacial score (nSPS) is 19.1. The summed E-state index contributed by atoms with van der Waals surface area (Å²) in [6.45, 7) is 5.44. The number of aryl methyl sites for hydroxylation is 2. The van der Waals surface area contributed by atoms with Crippen molar-refractivity contribution in [3.63, 3.8) is 0 Å². The monoisotopic (exact) mass is 335 g/mol. The summed E-state index contributed by atoms with van der Waals surface area (Å²) in [6.07, 6.45) is 3.55. The van der Waals surface area contributed by atoms with E-state index in [-0.39, 0.29) is 10.9 Å². The van der Waals surface area contributed by atoms with E-state index in [9.17, 15) is 8.42 Å². The highest BCUT2D eigenvalue weighted by Crippen LogP contribution is 2.29. The van der Waals surface area contributed by atoms with Crippen LogP contribution in [0, 0.1) is 13.8 Å². The lowest BCUT2D eigenvalue weighted by molar-refractivity contribution is 0.367. The SMILES string of the molecule is Cc1cc(C)n(C2CCCN(c3ncccc3S(N)(=O)=O)C2)n1. The zero-order chi connectivity index (χ0) is 16.6. The molecule has 2 N–H and O–H groups in total. The van der Waals surface area contributed by atoms with Gasteiger partial charge in [-0.2, -0.15) is 5.10 Å². The van der Waals surface area contributed by atoms with Crippen LogP contribution in [-0.2, 0) is 10.0 Å². The molecule has 1 unspecified atom stereocenters.